The minimum Gasteiger partial charge on any atom is -0.507 e. The van der Waals surface area contributed by atoms with Gasteiger partial charge in [-0.25, -0.2) is 0 Å². The largest absolute Gasteiger partial charge is 0.507 e. The van der Waals surface area contributed by atoms with Gasteiger partial charge in [-0.05, 0) is 37.7 Å². The molecule has 0 aromatic heterocycles. The molecular formula is C22H24N2O7. The molecule has 164 valence electrons. The molecule has 6 atom stereocenters. The molecule has 3 aliphatic rings. The Morgan fingerprint density at radius 1 is 1.19 bits per heavy atom. The number of aromatic hydroxyl groups is 1. The van der Waals surface area contributed by atoms with Crippen molar-refractivity contribution < 1.29 is 34.8 Å². The van der Waals surface area contributed by atoms with Gasteiger partial charge in [-0.1, -0.05) is 19.1 Å². The van der Waals surface area contributed by atoms with Crippen molar-refractivity contribution in [3.8, 4) is 5.75 Å². The normalized spacial score (nSPS) is 34.8. The standard InChI is InChI=1S/C22H24N2O7/c1-8-9-5-4-6-11(25)13(9)18(27)14-12(8)19(28)15-16(24(2)3)17(26)10(21(23)30)7-22(15,31)20(14)29/h4-8,12,15-16,19,25,27-28,31H,1-3H3,(H2,23,30)/t8-,12+,15+,16-,19-,22-/m0/s1. The van der Waals surface area contributed by atoms with Gasteiger partial charge in [-0.3, -0.25) is 19.3 Å². The number of ketones is 2. The van der Waals surface area contributed by atoms with E-state index in [2.05, 4.69) is 0 Å². The Labute approximate surface area is 178 Å². The molecule has 0 radical (unpaired) electrons. The summed E-state index contributed by atoms with van der Waals surface area (Å²) < 4.78 is 0. The van der Waals surface area contributed by atoms with Crippen LogP contribution in [0.5, 0.6) is 5.75 Å². The van der Waals surface area contributed by atoms with E-state index in [1.165, 1.54) is 25.1 Å². The van der Waals surface area contributed by atoms with E-state index in [4.69, 9.17) is 5.73 Å². The zero-order valence-corrected chi connectivity index (χ0v) is 17.2. The average molecular weight is 428 g/mol. The monoisotopic (exact) mass is 428 g/mol. The summed E-state index contributed by atoms with van der Waals surface area (Å²) in [4.78, 5) is 39.9. The summed E-state index contributed by atoms with van der Waals surface area (Å²) in [6.45, 7) is 1.73. The summed E-state index contributed by atoms with van der Waals surface area (Å²) in [5.74, 6) is -6.29. The number of carbonyl (C=O) groups excluding carboxylic acids is 3. The van der Waals surface area contributed by atoms with Gasteiger partial charge in [0, 0.05) is 17.4 Å². The molecular weight excluding hydrogens is 404 g/mol. The maximum Gasteiger partial charge on any atom is 0.252 e. The van der Waals surface area contributed by atoms with Gasteiger partial charge in [0.2, 0.25) is 0 Å². The molecule has 0 heterocycles. The quantitative estimate of drug-likeness (QED) is 0.398. The van der Waals surface area contributed by atoms with E-state index in [1.807, 2.05) is 0 Å². The number of amides is 1. The van der Waals surface area contributed by atoms with Gasteiger partial charge in [-0.2, -0.15) is 0 Å². The third kappa shape index (κ3) is 2.63. The summed E-state index contributed by atoms with van der Waals surface area (Å²) in [5.41, 5.74) is 2.66. The van der Waals surface area contributed by atoms with Gasteiger partial charge in [0.1, 0.15) is 11.5 Å². The maximum atomic E-state index is 13.6. The van der Waals surface area contributed by atoms with Gasteiger partial charge in [0.25, 0.3) is 5.91 Å². The molecule has 4 rings (SSSR count). The SMILES string of the molecule is C[C@H]1c2cccc(O)c2C(O)=C2C(=O)[C@]3(O)C=C(C(N)=O)C(=O)[C@@H](N(C)C)[C@@H]3[C@@H](O)[C@@H]21. The lowest BCUT2D eigenvalue weighted by atomic mass is 9.55. The van der Waals surface area contributed by atoms with Crippen molar-refractivity contribution in [2.45, 2.75) is 30.6 Å². The Hall–Kier alpha value is -3.01. The fraction of sp³-hybridized carbons (Fsp3) is 0.409. The summed E-state index contributed by atoms with van der Waals surface area (Å²) >= 11 is 0. The van der Waals surface area contributed by atoms with Crippen LogP contribution in [-0.2, 0) is 14.4 Å². The van der Waals surface area contributed by atoms with Crippen LogP contribution in [0.4, 0.5) is 0 Å². The minimum atomic E-state index is -2.45. The summed E-state index contributed by atoms with van der Waals surface area (Å²) in [6, 6.07) is 3.42. The number of carbonyl (C=O) groups is 3. The maximum absolute atomic E-state index is 13.6. The van der Waals surface area contributed by atoms with Crippen molar-refractivity contribution in [2.24, 2.45) is 17.6 Å². The van der Waals surface area contributed by atoms with Gasteiger partial charge >= 0.3 is 0 Å². The number of phenols is 1. The molecule has 1 saturated carbocycles. The Kier molecular flexibility index (Phi) is 4.62. The zero-order valence-electron chi connectivity index (χ0n) is 17.2. The van der Waals surface area contributed by atoms with E-state index < -0.39 is 64.3 Å². The summed E-state index contributed by atoms with van der Waals surface area (Å²) in [6.07, 6.45) is -0.623. The third-order valence-electron chi connectivity index (χ3n) is 6.84. The number of fused-ring (bicyclic) bond motifs is 3. The molecule has 0 aliphatic heterocycles. The molecule has 0 unspecified atom stereocenters. The van der Waals surface area contributed by atoms with Crippen LogP contribution in [0.1, 0.15) is 24.0 Å². The fourth-order valence-corrected chi connectivity index (χ4v) is 5.46. The molecule has 3 aliphatic carbocycles. The number of nitrogens with zero attached hydrogens (tertiary/aromatic N) is 1. The number of phenolic OH excluding ortho intramolecular Hbond substituents is 1. The number of aliphatic hydroxyl groups is 3. The van der Waals surface area contributed by atoms with Crippen LogP contribution in [-0.4, -0.2) is 74.6 Å². The number of hydrogen-bond donors (Lipinski definition) is 5. The average Bonchev–Trinajstić information content (AvgIpc) is 2.69. The predicted molar refractivity (Wildman–Crippen MR) is 109 cm³/mol. The summed E-state index contributed by atoms with van der Waals surface area (Å²) in [7, 11) is 3.06. The molecule has 1 amide bonds. The lowest BCUT2D eigenvalue weighted by molar-refractivity contribution is -0.160. The molecule has 1 fully saturated rings. The van der Waals surface area contributed by atoms with E-state index >= 15 is 0 Å². The number of Topliss-reactive ketones (excluding diaryl/α,β-unsaturated/α-hetero) is 2. The van der Waals surface area contributed by atoms with Crippen LogP contribution in [0.3, 0.4) is 0 Å². The molecule has 6 N–H and O–H groups in total. The van der Waals surface area contributed by atoms with Gasteiger partial charge in [-0.15, -0.1) is 0 Å². The van der Waals surface area contributed by atoms with Crippen LogP contribution < -0.4 is 5.73 Å². The topological polar surface area (TPSA) is 161 Å². The third-order valence-corrected chi connectivity index (χ3v) is 6.84. The van der Waals surface area contributed by atoms with E-state index in [9.17, 15) is 34.8 Å². The van der Waals surface area contributed by atoms with E-state index in [-0.39, 0.29) is 16.9 Å². The lowest BCUT2D eigenvalue weighted by Gasteiger charge is -2.53. The van der Waals surface area contributed by atoms with Crippen LogP contribution >= 0.6 is 0 Å². The number of aliphatic hydroxyl groups excluding tert-OH is 2. The van der Waals surface area contributed by atoms with Crippen molar-refractivity contribution in [1.82, 2.24) is 4.90 Å². The Morgan fingerprint density at radius 3 is 2.42 bits per heavy atom. The number of likely N-dealkylation sites (N-methyl/N-ethyl adjacent to an activating group) is 1. The van der Waals surface area contributed by atoms with Crippen LogP contribution in [0.25, 0.3) is 5.76 Å². The molecule has 9 heteroatoms. The molecule has 9 nitrogen and oxygen atoms in total. The number of rotatable bonds is 2. The van der Waals surface area contributed by atoms with Crippen LogP contribution in [0.15, 0.2) is 35.4 Å². The highest BCUT2D eigenvalue weighted by atomic mass is 16.3. The van der Waals surface area contributed by atoms with Gasteiger partial charge in [0.05, 0.1) is 23.3 Å². The summed E-state index contributed by atoms with van der Waals surface area (Å²) in [5, 5.41) is 44.1. The fourth-order valence-electron chi connectivity index (χ4n) is 5.46. The van der Waals surface area contributed by atoms with Crippen molar-refractivity contribution in [1.29, 1.82) is 0 Å². The smallest absolute Gasteiger partial charge is 0.252 e. The second kappa shape index (κ2) is 6.74. The highest BCUT2D eigenvalue weighted by Gasteiger charge is 2.64. The number of hydrogen-bond acceptors (Lipinski definition) is 8. The first-order chi connectivity index (χ1) is 14.4. The van der Waals surface area contributed by atoms with Crippen molar-refractivity contribution >= 4 is 23.2 Å². The molecule has 1 aromatic carbocycles. The predicted octanol–water partition coefficient (Wildman–Crippen LogP) is -0.390. The highest BCUT2D eigenvalue weighted by molar-refractivity contribution is 6.24. The molecule has 0 bridgehead atoms. The molecule has 0 saturated heterocycles. The van der Waals surface area contributed by atoms with E-state index in [0.717, 1.165) is 6.08 Å². The zero-order chi connectivity index (χ0) is 23.0. The van der Waals surface area contributed by atoms with Gasteiger partial charge < -0.3 is 26.2 Å². The molecule has 0 spiro atoms. The Balaban J connectivity index is 2.02. The van der Waals surface area contributed by atoms with Crippen molar-refractivity contribution in [2.75, 3.05) is 14.1 Å². The highest BCUT2D eigenvalue weighted by Crippen LogP contribution is 2.54. The van der Waals surface area contributed by atoms with Crippen LogP contribution in [0.2, 0.25) is 0 Å². The second-order valence-corrected chi connectivity index (χ2v) is 8.68. The molecule has 1 aromatic rings. The second-order valence-electron chi connectivity index (χ2n) is 8.68. The lowest BCUT2D eigenvalue weighted by Crippen LogP contribution is -2.68. The number of nitrogens with two attached hydrogens (primary N) is 1. The Morgan fingerprint density at radius 2 is 1.84 bits per heavy atom. The van der Waals surface area contributed by atoms with Crippen molar-refractivity contribution in [3.05, 3.63) is 46.5 Å². The first-order valence-corrected chi connectivity index (χ1v) is 9.87. The van der Waals surface area contributed by atoms with E-state index in [0.29, 0.717) is 5.56 Å². The first kappa shape index (κ1) is 21.2. The van der Waals surface area contributed by atoms with E-state index in [1.54, 1.807) is 19.1 Å². The van der Waals surface area contributed by atoms with Gasteiger partial charge in [0.15, 0.2) is 17.2 Å². The Bertz CT molecular complexity index is 1090. The van der Waals surface area contributed by atoms with Crippen LogP contribution in [0, 0.1) is 11.8 Å². The van der Waals surface area contributed by atoms with Crippen molar-refractivity contribution in [3.63, 3.8) is 0 Å². The molecule has 31 heavy (non-hydrogen) atoms. The minimum absolute atomic E-state index is 0.0546. The number of primary amides is 1. The first-order valence-electron chi connectivity index (χ1n) is 9.87. The number of benzene rings is 1.